The molecule has 4 nitrogen and oxygen atoms in total. The lowest BCUT2D eigenvalue weighted by atomic mass is 10.1. The van der Waals surface area contributed by atoms with Crippen LogP contribution in [0.2, 0.25) is 0 Å². The average molecular weight is 247 g/mol. The number of hydrogen-bond donors (Lipinski definition) is 3. The van der Waals surface area contributed by atoms with Crippen LogP contribution in [0.3, 0.4) is 0 Å². The molecule has 0 aromatic rings. The highest BCUT2D eigenvalue weighted by atomic mass is 16.5. The molecule has 0 aromatic heterocycles. The van der Waals surface area contributed by atoms with Crippen molar-refractivity contribution in [1.29, 1.82) is 0 Å². The van der Waals surface area contributed by atoms with E-state index in [9.17, 15) is 0 Å². The van der Waals surface area contributed by atoms with Gasteiger partial charge in [0.2, 0.25) is 0 Å². The SMILES string of the molecule is CCCCCCCCCCOCC(O)C(N)O. The quantitative estimate of drug-likeness (QED) is 0.363. The smallest absolute Gasteiger partial charge is 0.130 e. The van der Waals surface area contributed by atoms with Crippen LogP contribution < -0.4 is 5.73 Å². The number of nitrogens with two attached hydrogens (primary N) is 1. The lowest BCUT2D eigenvalue weighted by Crippen LogP contribution is -2.37. The Kier molecular flexibility index (Phi) is 12.2. The monoisotopic (exact) mass is 247 g/mol. The fourth-order valence-corrected chi connectivity index (χ4v) is 1.64. The van der Waals surface area contributed by atoms with E-state index in [-0.39, 0.29) is 6.61 Å². The predicted molar refractivity (Wildman–Crippen MR) is 69.6 cm³/mol. The molecular formula is C13H29NO3. The Bertz CT molecular complexity index is 154. The molecule has 0 aliphatic heterocycles. The van der Waals surface area contributed by atoms with Crippen LogP contribution in [0.25, 0.3) is 0 Å². The van der Waals surface area contributed by atoms with Crippen LogP contribution in [0.1, 0.15) is 58.3 Å². The zero-order valence-corrected chi connectivity index (χ0v) is 11.1. The fraction of sp³-hybridized carbons (Fsp3) is 1.00. The number of unbranched alkanes of at least 4 members (excludes halogenated alkanes) is 7. The Morgan fingerprint density at radius 2 is 1.47 bits per heavy atom. The van der Waals surface area contributed by atoms with Crippen molar-refractivity contribution in [2.75, 3.05) is 13.2 Å². The maximum Gasteiger partial charge on any atom is 0.130 e. The van der Waals surface area contributed by atoms with Crippen molar-refractivity contribution in [2.24, 2.45) is 5.73 Å². The third-order valence-electron chi connectivity index (χ3n) is 2.83. The van der Waals surface area contributed by atoms with Crippen LogP contribution in [0.15, 0.2) is 0 Å². The maximum atomic E-state index is 9.15. The van der Waals surface area contributed by atoms with E-state index in [0.717, 1.165) is 6.42 Å². The molecule has 0 saturated heterocycles. The van der Waals surface area contributed by atoms with Gasteiger partial charge in [0.15, 0.2) is 0 Å². The van der Waals surface area contributed by atoms with Gasteiger partial charge >= 0.3 is 0 Å². The highest BCUT2D eigenvalue weighted by Crippen LogP contribution is 2.08. The molecule has 0 aliphatic rings. The largest absolute Gasteiger partial charge is 0.387 e. The van der Waals surface area contributed by atoms with Crippen molar-refractivity contribution < 1.29 is 14.9 Å². The summed E-state index contributed by atoms with van der Waals surface area (Å²) in [5.74, 6) is 0. The van der Waals surface area contributed by atoms with Crippen LogP contribution in [0, 0.1) is 0 Å². The van der Waals surface area contributed by atoms with E-state index in [1.165, 1.54) is 44.9 Å². The van der Waals surface area contributed by atoms with Gasteiger partial charge in [-0.1, -0.05) is 51.9 Å². The van der Waals surface area contributed by atoms with Gasteiger partial charge in [-0.3, -0.25) is 0 Å². The predicted octanol–water partition coefficient (Wildman–Crippen LogP) is 1.78. The third kappa shape index (κ3) is 12.1. The first kappa shape index (κ1) is 16.8. The summed E-state index contributed by atoms with van der Waals surface area (Å²) in [6.45, 7) is 2.98. The van der Waals surface area contributed by atoms with Gasteiger partial charge in [0, 0.05) is 6.61 Å². The standard InChI is InChI=1S/C13H29NO3/c1-2-3-4-5-6-7-8-9-10-17-11-12(15)13(14)16/h12-13,15-16H,2-11,14H2,1H3. The van der Waals surface area contributed by atoms with E-state index in [1.54, 1.807) is 0 Å². The summed E-state index contributed by atoms with van der Waals surface area (Å²) in [7, 11) is 0. The normalized spacial score (nSPS) is 14.8. The molecule has 0 fully saturated rings. The molecule has 0 bridgehead atoms. The highest BCUT2D eigenvalue weighted by Gasteiger charge is 2.10. The Hall–Kier alpha value is -0.160. The van der Waals surface area contributed by atoms with Crippen LogP contribution in [-0.2, 0) is 4.74 Å². The molecule has 0 heterocycles. The lowest BCUT2D eigenvalue weighted by Gasteiger charge is -2.13. The molecular weight excluding hydrogens is 218 g/mol. The van der Waals surface area contributed by atoms with E-state index in [1.807, 2.05) is 0 Å². The summed E-state index contributed by atoms with van der Waals surface area (Å²) in [5.41, 5.74) is 5.08. The van der Waals surface area contributed by atoms with Crippen molar-refractivity contribution in [2.45, 2.75) is 70.6 Å². The van der Waals surface area contributed by atoms with E-state index < -0.39 is 12.3 Å². The summed E-state index contributed by atoms with van der Waals surface area (Å²) in [6.07, 6.45) is 7.93. The minimum Gasteiger partial charge on any atom is -0.387 e. The first-order valence-corrected chi connectivity index (χ1v) is 6.88. The molecule has 4 heteroatoms. The van der Waals surface area contributed by atoms with Crippen LogP contribution in [-0.4, -0.2) is 35.8 Å². The van der Waals surface area contributed by atoms with E-state index in [2.05, 4.69) is 6.92 Å². The molecule has 0 amide bonds. The lowest BCUT2D eigenvalue weighted by molar-refractivity contribution is -0.0356. The second-order valence-electron chi connectivity index (χ2n) is 4.61. The van der Waals surface area contributed by atoms with Crippen molar-refractivity contribution in [3.8, 4) is 0 Å². The number of aliphatic hydroxyl groups is 2. The maximum absolute atomic E-state index is 9.15. The van der Waals surface area contributed by atoms with Gasteiger partial charge in [0.1, 0.15) is 12.3 Å². The minimum absolute atomic E-state index is 0.119. The summed E-state index contributed by atoms with van der Waals surface area (Å²) >= 11 is 0. The summed E-state index contributed by atoms with van der Waals surface area (Å²) in [5, 5.41) is 18.0. The van der Waals surface area contributed by atoms with Crippen molar-refractivity contribution in [1.82, 2.24) is 0 Å². The molecule has 4 N–H and O–H groups in total. The molecule has 2 unspecified atom stereocenters. The zero-order valence-electron chi connectivity index (χ0n) is 11.1. The summed E-state index contributed by atoms with van der Waals surface area (Å²) in [6, 6.07) is 0. The second-order valence-corrected chi connectivity index (χ2v) is 4.61. The molecule has 0 saturated carbocycles. The van der Waals surface area contributed by atoms with E-state index in [0.29, 0.717) is 6.61 Å². The molecule has 0 spiro atoms. The van der Waals surface area contributed by atoms with Gasteiger partial charge in [-0.2, -0.15) is 0 Å². The third-order valence-corrected chi connectivity index (χ3v) is 2.83. The minimum atomic E-state index is -1.20. The molecule has 17 heavy (non-hydrogen) atoms. The van der Waals surface area contributed by atoms with E-state index in [4.69, 9.17) is 20.7 Å². The Morgan fingerprint density at radius 1 is 0.941 bits per heavy atom. The van der Waals surface area contributed by atoms with Crippen molar-refractivity contribution >= 4 is 0 Å². The Morgan fingerprint density at radius 3 is 2.00 bits per heavy atom. The van der Waals surface area contributed by atoms with Crippen LogP contribution >= 0.6 is 0 Å². The first-order chi connectivity index (χ1) is 8.18. The van der Waals surface area contributed by atoms with Crippen LogP contribution in [0.4, 0.5) is 0 Å². The van der Waals surface area contributed by atoms with Gasteiger partial charge in [0.25, 0.3) is 0 Å². The average Bonchev–Trinajstić information content (AvgIpc) is 2.31. The van der Waals surface area contributed by atoms with Gasteiger partial charge in [-0.25, -0.2) is 0 Å². The highest BCUT2D eigenvalue weighted by molar-refractivity contribution is 4.58. The molecule has 0 aromatic carbocycles. The first-order valence-electron chi connectivity index (χ1n) is 6.88. The number of ether oxygens (including phenoxy) is 1. The van der Waals surface area contributed by atoms with Gasteiger partial charge in [0.05, 0.1) is 6.61 Å². The van der Waals surface area contributed by atoms with E-state index >= 15 is 0 Å². The zero-order chi connectivity index (χ0) is 12.9. The molecule has 0 radical (unpaired) electrons. The molecule has 0 aliphatic carbocycles. The number of aliphatic hydroxyl groups excluding tert-OH is 2. The van der Waals surface area contributed by atoms with Crippen molar-refractivity contribution in [3.63, 3.8) is 0 Å². The van der Waals surface area contributed by atoms with Crippen molar-refractivity contribution in [3.05, 3.63) is 0 Å². The number of hydrogen-bond acceptors (Lipinski definition) is 4. The summed E-state index contributed by atoms with van der Waals surface area (Å²) < 4.78 is 5.21. The van der Waals surface area contributed by atoms with Gasteiger partial charge < -0.3 is 20.7 Å². The number of rotatable bonds is 12. The van der Waals surface area contributed by atoms with Crippen LogP contribution in [0.5, 0.6) is 0 Å². The second kappa shape index (κ2) is 12.3. The Balaban J connectivity index is 3.03. The van der Waals surface area contributed by atoms with Gasteiger partial charge in [-0.05, 0) is 6.42 Å². The van der Waals surface area contributed by atoms with Gasteiger partial charge in [-0.15, -0.1) is 0 Å². The molecule has 104 valence electrons. The fourth-order valence-electron chi connectivity index (χ4n) is 1.64. The summed E-state index contributed by atoms with van der Waals surface area (Å²) in [4.78, 5) is 0. The Labute approximate surface area is 105 Å². The topological polar surface area (TPSA) is 75.7 Å². The molecule has 0 rings (SSSR count). The molecule has 2 atom stereocenters.